The fraction of sp³-hybridized carbons (Fsp3) is 0.462. The maximum Gasteiger partial charge on any atom is 0.254 e. The SMILES string of the molecule is Cc1ccn2nc(C3CCNCC3)c(C(N)=O)c2n1. The van der Waals surface area contributed by atoms with Crippen molar-refractivity contribution in [3.05, 3.63) is 29.2 Å². The number of primary amides is 1. The molecule has 1 aliphatic heterocycles. The van der Waals surface area contributed by atoms with Crippen LogP contribution in [0.4, 0.5) is 0 Å². The number of carbonyl (C=O) groups is 1. The fourth-order valence-electron chi connectivity index (χ4n) is 2.65. The molecule has 3 N–H and O–H groups in total. The number of hydrogen-bond donors (Lipinski definition) is 2. The van der Waals surface area contributed by atoms with Crippen molar-refractivity contribution in [2.45, 2.75) is 25.7 Å². The van der Waals surface area contributed by atoms with Crippen molar-refractivity contribution >= 4 is 11.6 Å². The third kappa shape index (κ3) is 2.08. The Morgan fingerprint density at radius 2 is 2.21 bits per heavy atom. The number of nitrogens with zero attached hydrogens (tertiary/aromatic N) is 3. The van der Waals surface area contributed by atoms with E-state index < -0.39 is 5.91 Å². The molecular weight excluding hydrogens is 242 g/mol. The standard InChI is InChI=1S/C13H17N5O/c1-8-4-7-18-13(16-8)10(12(14)19)11(17-18)9-2-5-15-6-3-9/h4,7,9,15H,2-3,5-6H2,1H3,(H2,14,19). The second-order valence-electron chi connectivity index (χ2n) is 4.99. The quantitative estimate of drug-likeness (QED) is 0.827. The Kier molecular flexibility index (Phi) is 2.94. The number of aryl methyl sites for hydroxylation is 1. The summed E-state index contributed by atoms with van der Waals surface area (Å²) in [6.07, 6.45) is 3.78. The molecule has 0 bridgehead atoms. The molecule has 6 heteroatoms. The van der Waals surface area contributed by atoms with E-state index >= 15 is 0 Å². The second kappa shape index (κ2) is 4.62. The molecule has 1 aliphatic rings. The van der Waals surface area contributed by atoms with Gasteiger partial charge in [-0.1, -0.05) is 0 Å². The van der Waals surface area contributed by atoms with Gasteiger partial charge in [-0.15, -0.1) is 0 Å². The van der Waals surface area contributed by atoms with Crippen LogP contribution in [0.25, 0.3) is 5.65 Å². The third-order valence-corrected chi connectivity index (χ3v) is 3.62. The minimum absolute atomic E-state index is 0.283. The molecule has 0 atom stereocenters. The Morgan fingerprint density at radius 3 is 2.89 bits per heavy atom. The number of rotatable bonds is 2. The Morgan fingerprint density at radius 1 is 1.47 bits per heavy atom. The summed E-state index contributed by atoms with van der Waals surface area (Å²) < 4.78 is 1.66. The molecule has 2 aromatic rings. The molecule has 1 amide bonds. The van der Waals surface area contributed by atoms with Crippen LogP contribution in [-0.2, 0) is 0 Å². The lowest BCUT2D eigenvalue weighted by atomic mass is 9.92. The molecule has 100 valence electrons. The molecule has 3 rings (SSSR count). The molecule has 0 radical (unpaired) electrons. The highest BCUT2D eigenvalue weighted by atomic mass is 16.1. The molecule has 1 saturated heterocycles. The van der Waals surface area contributed by atoms with Crippen molar-refractivity contribution in [2.24, 2.45) is 5.73 Å². The third-order valence-electron chi connectivity index (χ3n) is 3.62. The van der Waals surface area contributed by atoms with E-state index in [1.54, 1.807) is 4.52 Å². The molecule has 3 heterocycles. The van der Waals surface area contributed by atoms with Crippen molar-refractivity contribution in [2.75, 3.05) is 13.1 Å². The van der Waals surface area contributed by atoms with Crippen molar-refractivity contribution in [1.82, 2.24) is 19.9 Å². The lowest BCUT2D eigenvalue weighted by molar-refractivity contribution is 0.1000. The average molecular weight is 259 g/mol. The second-order valence-corrected chi connectivity index (χ2v) is 4.99. The van der Waals surface area contributed by atoms with Gasteiger partial charge in [0.25, 0.3) is 5.91 Å². The smallest absolute Gasteiger partial charge is 0.254 e. The average Bonchev–Trinajstić information content (AvgIpc) is 2.78. The Bertz CT molecular complexity index is 627. The summed E-state index contributed by atoms with van der Waals surface area (Å²) >= 11 is 0. The molecule has 1 fully saturated rings. The van der Waals surface area contributed by atoms with E-state index in [1.165, 1.54) is 0 Å². The highest BCUT2D eigenvalue weighted by Crippen LogP contribution is 2.28. The summed E-state index contributed by atoms with van der Waals surface area (Å²) in [5, 5.41) is 7.83. The van der Waals surface area contributed by atoms with Crippen molar-refractivity contribution in [1.29, 1.82) is 0 Å². The number of amides is 1. The number of nitrogens with two attached hydrogens (primary N) is 1. The predicted octanol–water partition coefficient (Wildman–Crippen LogP) is 0.604. The first-order valence-corrected chi connectivity index (χ1v) is 6.53. The van der Waals surface area contributed by atoms with Crippen LogP contribution >= 0.6 is 0 Å². The first kappa shape index (κ1) is 12.1. The van der Waals surface area contributed by atoms with E-state index in [4.69, 9.17) is 5.73 Å². The lowest BCUT2D eigenvalue weighted by Gasteiger charge is -2.21. The number of fused-ring (bicyclic) bond motifs is 1. The molecule has 2 aromatic heterocycles. The van der Waals surface area contributed by atoms with Crippen LogP contribution in [0.15, 0.2) is 12.3 Å². The van der Waals surface area contributed by atoms with Crippen LogP contribution in [0.3, 0.4) is 0 Å². The predicted molar refractivity (Wildman–Crippen MR) is 71.1 cm³/mol. The number of piperidine rings is 1. The molecular formula is C13H17N5O. The summed E-state index contributed by atoms with van der Waals surface area (Å²) in [5.41, 5.74) is 8.24. The van der Waals surface area contributed by atoms with Crippen LogP contribution in [0.1, 0.15) is 40.5 Å². The molecule has 6 nitrogen and oxygen atoms in total. The summed E-state index contributed by atoms with van der Waals surface area (Å²) in [7, 11) is 0. The summed E-state index contributed by atoms with van der Waals surface area (Å²) in [6, 6.07) is 1.87. The van der Waals surface area contributed by atoms with E-state index in [0.717, 1.165) is 37.3 Å². The van der Waals surface area contributed by atoms with E-state index in [1.807, 2.05) is 19.2 Å². The van der Waals surface area contributed by atoms with Gasteiger partial charge in [0.05, 0.1) is 5.69 Å². The fourth-order valence-corrected chi connectivity index (χ4v) is 2.65. The number of carbonyl (C=O) groups excluding carboxylic acids is 1. The van der Waals surface area contributed by atoms with Gasteiger partial charge in [0.2, 0.25) is 0 Å². The van der Waals surface area contributed by atoms with Gasteiger partial charge in [0.15, 0.2) is 5.65 Å². The van der Waals surface area contributed by atoms with Gasteiger partial charge in [0.1, 0.15) is 5.56 Å². The highest BCUT2D eigenvalue weighted by Gasteiger charge is 2.26. The molecule has 19 heavy (non-hydrogen) atoms. The van der Waals surface area contributed by atoms with E-state index in [9.17, 15) is 4.79 Å². The van der Waals surface area contributed by atoms with Gasteiger partial charge in [-0.25, -0.2) is 9.50 Å². The minimum atomic E-state index is -0.443. The van der Waals surface area contributed by atoms with Gasteiger partial charge < -0.3 is 11.1 Å². The normalized spacial score (nSPS) is 16.9. The van der Waals surface area contributed by atoms with Gasteiger partial charge >= 0.3 is 0 Å². The Labute approximate surface area is 111 Å². The van der Waals surface area contributed by atoms with Gasteiger partial charge in [0, 0.05) is 17.8 Å². The summed E-state index contributed by atoms with van der Waals surface area (Å²) in [6.45, 7) is 3.79. The van der Waals surface area contributed by atoms with Gasteiger partial charge in [-0.05, 0) is 38.9 Å². The first-order valence-electron chi connectivity index (χ1n) is 6.53. The zero-order chi connectivity index (χ0) is 13.4. The first-order chi connectivity index (χ1) is 9.16. The van der Waals surface area contributed by atoms with Crippen LogP contribution in [0.2, 0.25) is 0 Å². The monoisotopic (exact) mass is 259 g/mol. The van der Waals surface area contributed by atoms with Gasteiger partial charge in [-0.2, -0.15) is 5.10 Å². The maximum absolute atomic E-state index is 11.8. The largest absolute Gasteiger partial charge is 0.365 e. The molecule has 0 spiro atoms. The highest BCUT2D eigenvalue weighted by molar-refractivity contribution is 6.00. The number of nitrogens with one attached hydrogen (secondary N) is 1. The lowest BCUT2D eigenvalue weighted by Crippen LogP contribution is -2.28. The summed E-state index contributed by atoms with van der Waals surface area (Å²) in [4.78, 5) is 16.2. The van der Waals surface area contributed by atoms with E-state index in [-0.39, 0.29) is 5.92 Å². The van der Waals surface area contributed by atoms with E-state index in [2.05, 4.69) is 15.4 Å². The van der Waals surface area contributed by atoms with Crippen LogP contribution in [-0.4, -0.2) is 33.6 Å². The Hall–Kier alpha value is -1.95. The topological polar surface area (TPSA) is 85.3 Å². The Balaban J connectivity index is 2.17. The number of hydrogen-bond acceptors (Lipinski definition) is 4. The van der Waals surface area contributed by atoms with Crippen LogP contribution in [0, 0.1) is 6.92 Å². The molecule has 0 saturated carbocycles. The molecule has 0 unspecified atom stereocenters. The zero-order valence-electron chi connectivity index (χ0n) is 10.9. The maximum atomic E-state index is 11.8. The van der Waals surface area contributed by atoms with Crippen molar-refractivity contribution < 1.29 is 4.79 Å². The van der Waals surface area contributed by atoms with Crippen molar-refractivity contribution in [3.63, 3.8) is 0 Å². The van der Waals surface area contributed by atoms with E-state index in [0.29, 0.717) is 11.2 Å². The zero-order valence-corrected chi connectivity index (χ0v) is 10.9. The van der Waals surface area contributed by atoms with Crippen molar-refractivity contribution in [3.8, 4) is 0 Å². The van der Waals surface area contributed by atoms with Crippen LogP contribution < -0.4 is 11.1 Å². The number of aromatic nitrogens is 3. The van der Waals surface area contributed by atoms with Crippen LogP contribution in [0.5, 0.6) is 0 Å². The minimum Gasteiger partial charge on any atom is -0.365 e. The molecule has 0 aromatic carbocycles. The molecule has 0 aliphatic carbocycles. The van der Waals surface area contributed by atoms with Gasteiger partial charge in [-0.3, -0.25) is 4.79 Å². The summed E-state index contributed by atoms with van der Waals surface area (Å²) in [5.74, 6) is -0.160.